The number of rotatable bonds is 4. The van der Waals surface area contributed by atoms with Gasteiger partial charge in [0.15, 0.2) is 0 Å². The van der Waals surface area contributed by atoms with Gasteiger partial charge in [-0.1, -0.05) is 30.7 Å². The molecule has 2 heterocycles. The number of benzene rings is 2. The number of thiophene rings is 1. The predicted molar refractivity (Wildman–Crippen MR) is 138 cm³/mol. The van der Waals surface area contributed by atoms with Crippen LogP contribution in [0.1, 0.15) is 30.6 Å². The van der Waals surface area contributed by atoms with Crippen LogP contribution in [0.5, 0.6) is 5.75 Å². The van der Waals surface area contributed by atoms with E-state index in [9.17, 15) is 20.4 Å². The van der Waals surface area contributed by atoms with Crippen molar-refractivity contribution in [1.82, 2.24) is 0 Å². The Hall–Kier alpha value is -2.20. The van der Waals surface area contributed by atoms with Crippen LogP contribution in [0.4, 0.5) is 5.69 Å². The number of aliphatic hydroxyl groups excluding tert-OH is 4. The van der Waals surface area contributed by atoms with Gasteiger partial charge in [-0.25, -0.2) is 0 Å². The van der Waals surface area contributed by atoms with E-state index in [4.69, 9.17) is 9.47 Å². The van der Waals surface area contributed by atoms with Gasteiger partial charge in [-0.3, -0.25) is 0 Å². The van der Waals surface area contributed by atoms with Gasteiger partial charge in [0.25, 0.3) is 0 Å². The summed E-state index contributed by atoms with van der Waals surface area (Å²) in [6.45, 7) is 1.03. The SMILES string of the molecule is OC[C@@H](O)[C@H]1OCCCCCCOc2cccc(c2)N(Cc2cc3ccccc3s2)C[C@@H](O)[C@H]1O. The summed E-state index contributed by atoms with van der Waals surface area (Å²) in [5.74, 6) is 0.767. The zero-order valence-electron chi connectivity index (χ0n) is 19.8. The molecule has 0 fully saturated rings. The Balaban J connectivity index is 1.62. The van der Waals surface area contributed by atoms with Crippen LogP contribution in [-0.4, -0.2) is 71.2 Å². The molecule has 3 aromatic rings. The minimum Gasteiger partial charge on any atom is -0.494 e. The lowest BCUT2D eigenvalue weighted by Crippen LogP contribution is -2.51. The lowest BCUT2D eigenvalue weighted by atomic mass is 10.0. The van der Waals surface area contributed by atoms with Crippen LogP contribution in [0.15, 0.2) is 54.6 Å². The van der Waals surface area contributed by atoms with E-state index in [1.807, 2.05) is 41.3 Å². The number of hydrogen-bond donors (Lipinski definition) is 4. The molecule has 1 aromatic heterocycles. The van der Waals surface area contributed by atoms with Gasteiger partial charge in [-0.2, -0.15) is 0 Å². The quantitative estimate of drug-likeness (QED) is 0.435. The third-order valence-electron chi connectivity index (χ3n) is 6.33. The first-order valence-corrected chi connectivity index (χ1v) is 13.1. The highest BCUT2D eigenvalue weighted by molar-refractivity contribution is 7.19. The van der Waals surface area contributed by atoms with Crippen LogP contribution in [-0.2, 0) is 11.3 Å². The molecule has 0 spiro atoms. The molecule has 0 radical (unpaired) electrons. The Morgan fingerprint density at radius 1 is 0.971 bits per heavy atom. The van der Waals surface area contributed by atoms with Gasteiger partial charge in [0.2, 0.25) is 0 Å². The van der Waals surface area contributed by atoms with E-state index >= 15 is 0 Å². The number of fused-ring (bicyclic) bond motifs is 3. The molecule has 0 saturated carbocycles. The maximum atomic E-state index is 11.0. The molecule has 190 valence electrons. The van der Waals surface area contributed by atoms with Gasteiger partial charge >= 0.3 is 0 Å². The number of nitrogens with zero attached hydrogens (tertiary/aromatic N) is 1. The van der Waals surface area contributed by atoms with Gasteiger partial charge in [-0.15, -0.1) is 11.3 Å². The zero-order chi connectivity index (χ0) is 24.6. The van der Waals surface area contributed by atoms with E-state index in [-0.39, 0.29) is 6.54 Å². The Labute approximate surface area is 210 Å². The van der Waals surface area contributed by atoms with Gasteiger partial charge in [0.05, 0.1) is 25.9 Å². The van der Waals surface area contributed by atoms with Crippen molar-refractivity contribution in [3.05, 3.63) is 59.5 Å². The fourth-order valence-electron chi connectivity index (χ4n) is 4.40. The average Bonchev–Trinajstić information content (AvgIpc) is 3.28. The highest BCUT2D eigenvalue weighted by Gasteiger charge is 2.34. The van der Waals surface area contributed by atoms with E-state index in [1.54, 1.807) is 11.3 Å². The van der Waals surface area contributed by atoms with Crippen molar-refractivity contribution in [1.29, 1.82) is 0 Å². The molecule has 2 bridgehead atoms. The first-order valence-electron chi connectivity index (χ1n) is 12.3. The van der Waals surface area contributed by atoms with E-state index in [1.165, 1.54) is 10.1 Å². The number of ether oxygens (including phenoxy) is 2. The molecular formula is C27H35NO6S. The third-order valence-corrected chi connectivity index (χ3v) is 7.43. The Kier molecular flexibility index (Phi) is 9.37. The molecule has 2 aromatic carbocycles. The predicted octanol–water partition coefficient (Wildman–Crippen LogP) is 3.32. The van der Waals surface area contributed by atoms with Crippen molar-refractivity contribution in [2.45, 2.75) is 56.6 Å². The van der Waals surface area contributed by atoms with Crippen molar-refractivity contribution in [2.24, 2.45) is 0 Å². The van der Waals surface area contributed by atoms with Crippen LogP contribution >= 0.6 is 11.3 Å². The Morgan fingerprint density at radius 2 is 1.77 bits per heavy atom. The van der Waals surface area contributed by atoms with Crippen LogP contribution < -0.4 is 9.64 Å². The van der Waals surface area contributed by atoms with E-state index in [0.717, 1.165) is 42.0 Å². The monoisotopic (exact) mass is 501 g/mol. The second-order valence-electron chi connectivity index (χ2n) is 9.03. The molecule has 4 rings (SSSR count). The molecule has 35 heavy (non-hydrogen) atoms. The molecule has 1 aliphatic heterocycles. The van der Waals surface area contributed by atoms with Crippen LogP contribution in [0.2, 0.25) is 0 Å². The van der Waals surface area contributed by atoms with Gasteiger partial charge in [-0.05, 0) is 48.9 Å². The van der Waals surface area contributed by atoms with Gasteiger partial charge in [0, 0.05) is 34.5 Å². The average molecular weight is 502 g/mol. The molecule has 0 unspecified atom stereocenters. The minimum atomic E-state index is -1.37. The summed E-state index contributed by atoms with van der Waals surface area (Å²) < 4.78 is 12.9. The third kappa shape index (κ3) is 6.94. The summed E-state index contributed by atoms with van der Waals surface area (Å²) in [5.41, 5.74) is 0.860. The molecule has 8 heteroatoms. The van der Waals surface area contributed by atoms with Gasteiger partial charge in [0.1, 0.15) is 24.1 Å². The summed E-state index contributed by atoms with van der Waals surface area (Å²) >= 11 is 1.69. The smallest absolute Gasteiger partial charge is 0.121 e. The standard InChI is InChI=1S/C27H35NO6S/c29-18-24(31)27-26(32)23(30)17-28(16-22-14-19-8-3-4-11-25(19)35-22)20-9-7-10-21(15-20)33-12-5-1-2-6-13-34-27/h3-4,7-11,14-15,23-24,26-27,29-32H,1-2,5-6,12-13,16-18H2/t23-,24-,26-,27-/m1/s1. The molecule has 0 aliphatic carbocycles. The van der Waals surface area contributed by atoms with Crippen molar-refractivity contribution in [3.63, 3.8) is 0 Å². The Bertz CT molecular complexity index is 1030. The number of hydrogen-bond acceptors (Lipinski definition) is 8. The molecule has 4 atom stereocenters. The number of aliphatic hydroxyl groups is 4. The van der Waals surface area contributed by atoms with Crippen LogP contribution in [0.3, 0.4) is 0 Å². The summed E-state index contributed by atoms with van der Waals surface area (Å²) in [6.07, 6.45) is -1.38. The van der Waals surface area contributed by atoms with E-state index < -0.39 is 31.0 Å². The van der Waals surface area contributed by atoms with Crippen molar-refractivity contribution < 1.29 is 29.9 Å². The number of anilines is 1. The van der Waals surface area contributed by atoms with Crippen molar-refractivity contribution in [2.75, 3.05) is 31.3 Å². The van der Waals surface area contributed by atoms with E-state index in [2.05, 4.69) is 18.2 Å². The largest absolute Gasteiger partial charge is 0.494 e. The first kappa shape index (κ1) is 25.9. The highest BCUT2D eigenvalue weighted by Crippen LogP contribution is 2.30. The fraction of sp³-hybridized carbons (Fsp3) is 0.481. The van der Waals surface area contributed by atoms with E-state index in [0.29, 0.717) is 19.8 Å². The summed E-state index contributed by atoms with van der Waals surface area (Å²) in [4.78, 5) is 3.12. The molecular weight excluding hydrogens is 466 g/mol. The second-order valence-corrected chi connectivity index (χ2v) is 10.2. The summed E-state index contributed by atoms with van der Waals surface area (Å²) in [5, 5.41) is 42.9. The maximum Gasteiger partial charge on any atom is 0.121 e. The zero-order valence-corrected chi connectivity index (χ0v) is 20.6. The molecule has 7 nitrogen and oxygen atoms in total. The molecule has 4 N–H and O–H groups in total. The maximum absolute atomic E-state index is 11.0. The lowest BCUT2D eigenvalue weighted by molar-refractivity contribution is -0.141. The molecule has 0 amide bonds. The first-order chi connectivity index (χ1) is 17.0. The van der Waals surface area contributed by atoms with Crippen LogP contribution in [0.25, 0.3) is 10.1 Å². The molecule has 1 aliphatic rings. The Morgan fingerprint density at radius 3 is 2.57 bits per heavy atom. The van der Waals surface area contributed by atoms with Crippen molar-refractivity contribution >= 4 is 27.1 Å². The van der Waals surface area contributed by atoms with Crippen molar-refractivity contribution in [3.8, 4) is 5.75 Å². The lowest BCUT2D eigenvalue weighted by Gasteiger charge is -2.33. The topological polar surface area (TPSA) is 103 Å². The number of β-amino-alcohol motifs (C(OH)–C–C–N with tert-alkyl or cyclic N) is 1. The highest BCUT2D eigenvalue weighted by atomic mass is 32.1. The normalized spacial score (nSPS) is 23.7. The fourth-order valence-corrected chi connectivity index (χ4v) is 5.48. The summed E-state index contributed by atoms with van der Waals surface area (Å²) in [6, 6.07) is 18.1. The van der Waals surface area contributed by atoms with Gasteiger partial charge < -0.3 is 34.8 Å². The summed E-state index contributed by atoms with van der Waals surface area (Å²) in [7, 11) is 0. The second kappa shape index (κ2) is 12.7. The molecule has 0 saturated heterocycles. The minimum absolute atomic E-state index is 0.108. The van der Waals surface area contributed by atoms with Crippen LogP contribution in [0, 0.1) is 0 Å².